The number of benzene rings is 2. The standard InChI is InChI=1S/C36H32FN5O4S/c1-19-40-41-35(46-19)30-24(14-11-20-9-12-21(37)13-10-20)38-33-26-8-5-17-42(26)36(44)32(33)31(30)28-15-16-29(47-28)34(43)39-25-18-27(45-2)23-7-4-3-6-22(23)25/h3-4,6-7,9-10,12-13,15-16,25-27H,5,8,11,14,17-18H2,1-2H3,(H,39,43)/t25-,26+,27-/m1/s1. The van der Waals surface area contributed by atoms with Crippen LogP contribution < -0.4 is 5.32 Å². The van der Waals surface area contributed by atoms with Gasteiger partial charge in [-0.2, -0.15) is 0 Å². The Kier molecular flexibility index (Phi) is 7.45. The number of amides is 2. The van der Waals surface area contributed by atoms with E-state index in [1.165, 1.54) is 23.5 Å². The zero-order valence-corrected chi connectivity index (χ0v) is 26.8. The molecule has 3 aromatic heterocycles. The number of rotatable bonds is 8. The Morgan fingerprint density at radius 2 is 1.85 bits per heavy atom. The van der Waals surface area contributed by atoms with Gasteiger partial charge < -0.3 is 19.4 Å². The number of aromatic nitrogens is 3. The van der Waals surface area contributed by atoms with Gasteiger partial charge >= 0.3 is 0 Å². The van der Waals surface area contributed by atoms with Gasteiger partial charge in [0.25, 0.3) is 11.8 Å². The summed E-state index contributed by atoms with van der Waals surface area (Å²) < 4.78 is 25.3. The molecule has 0 saturated carbocycles. The molecule has 2 aromatic carbocycles. The molecule has 9 nitrogen and oxygen atoms in total. The van der Waals surface area contributed by atoms with Crippen LogP contribution in [0.2, 0.25) is 0 Å². The Bertz CT molecular complexity index is 2020. The Hall–Kier alpha value is -4.74. The summed E-state index contributed by atoms with van der Waals surface area (Å²) in [6, 6.07) is 17.9. The van der Waals surface area contributed by atoms with Gasteiger partial charge in [-0.3, -0.25) is 14.6 Å². The number of methoxy groups -OCH3 is 1. The number of carbonyl (C=O) groups is 2. The van der Waals surface area contributed by atoms with Crippen LogP contribution in [0.15, 0.2) is 65.1 Å². The van der Waals surface area contributed by atoms with Gasteiger partial charge in [-0.25, -0.2) is 4.39 Å². The van der Waals surface area contributed by atoms with Crippen molar-refractivity contribution in [1.29, 1.82) is 0 Å². The fraction of sp³-hybridized carbons (Fsp3) is 0.306. The van der Waals surface area contributed by atoms with Gasteiger partial charge in [0.15, 0.2) is 0 Å². The predicted molar refractivity (Wildman–Crippen MR) is 173 cm³/mol. The molecule has 5 aromatic rings. The smallest absolute Gasteiger partial charge is 0.261 e. The van der Waals surface area contributed by atoms with E-state index < -0.39 is 0 Å². The molecule has 47 heavy (non-hydrogen) atoms. The highest BCUT2D eigenvalue weighted by Crippen LogP contribution is 2.49. The van der Waals surface area contributed by atoms with Crippen LogP contribution in [0.5, 0.6) is 0 Å². The van der Waals surface area contributed by atoms with Gasteiger partial charge in [0.2, 0.25) is 11.8 Å². The quantitative estimate of drug-likeness (QED) is 0.194. The summed E-state index contributed by atoms with van der Waals surface area (Å²) in [4.78, 5) is 36.1. The molecular formula is C36H32FN5O4S. The lowest BCUT2D eigenvalue weighted by atomic mass is 9.93. The molecule has 1 fully saturated rings. The molecule has 5 heterocycles. The Labute approximate surface area is 274 Å². The molecule has 1 aliphatic carbocycles. The number of nitrogens with one attached hydrogen (secondary N) is 1. The number of pyridine rings is 1. The van der Waals surface area contributed by atoms with Crippen molar-refractivity contribution in [3.05, 3.63) is 111 Å². The average Bonchev–Trinajstić information content (AvgIpc) is 3.92. The van der Waals surface area contributed by atoms with E-state index in [1.54, 1.807) is 32.2 Å². The van der Waals surface area contributed by atoms with Crippen LogP contribution in [0.1, 0.15) is 91.4 Å². The first-order valence-electron chi connectivity index (χ1n) is 15.8. The maximum absolute atomic E-state index is 14.0. The minimum absolute atomic E-state index is 0.0693. The molecule has 0 bridgehead atoms. The summed E-state index contributed by atoms with van der Waals surface area (Å²) in [6.45, 7) is 2.39. The molecule has 2 amide bonds. The number of carbonyl (C=O) groups excluding carboxylic acids is 2. The molecular weight excluding hydrogens is 617 g/mol. The van der Waals surface area contributed by atoms with E-state index in [4.69, 9.17) is 14.1 Å². The van der Waals surface area contributed by atoms with E-state index in [1.807, 2.05) is 35.2 Å². The summed E-state index contributed by atoms with van der Waals surface area (Å²) in [5, 5.41) is 11.7. The average molecular weight is 650 g/mol. The molecule has 0 radical (unpaired) electrons. The Morgan fingerprint density at radius 3 is 2.62 bits per heavy atom. The second kappa shape index (κ2) is 11.8. The SMILES string of the molecule is CO[C@@H]1C[C@@H](NC(=O)c2ccc(-c3c4c(nc(CCc5ccc(F)cc5)c3-c3nnc(C)o3)[C@@H]3CCCN3C4=O)s2)c2ccccc21. The van der Waals surface area contributed by atoms with Gasteiger partial charge in [0.1, 0.15) is 5.82 Å². The third kappa shape index (κ3) is 5.14. The number of hydrogen-bond acceptors (Lipinski definition) is 8. The lowest BCUT2D eigenvalue weighted by Gasteiger charge is -2.16. The van der Waals surface area contributed by atoms with Gasteiger partial charge in [0, 0.05) is 37.4 Å². The van der Waals surface area contributed by atoms with E-state index in [9.17, 15) is 14.0 Å². The number of fused-ring (bicyclic) bond motifs is 4. The Balaban J connectivity index is 1.21. The summed E-state index contributed by atoms with van der Waals surface area (Å²) in [5.74, 6) is 0.110. The largest absolute Gasteiger partial charge is 0.421 e. The molecule has 2 aliphatic heterocycles. The molecule has 0 spiro atoms. The fourth-order valence-electron chi connectivity index (χ4n) is 7.29. The van der Waals surface area contributed by atoms with E-state index >= 15 is 0 Å². The van der Waals surface area contributed by atoms with Crippen LogP contribution in [0.25, 0.3) is 21.9 Å². The van der Waals surface area contributed by atoms with Crippen molar-refractivity contribution < 1.29 is 23.1 Å². The lowest BCUT2D eigenvalue weighted by Crippen LogP contribution is -2.26. The number of halogens is 1. The van der Waals surface area contributed by atoms with Crippen molar-refractivity contribution in [2.75, 3.05) is 13.7 Å². The van der Waals surface area contributed by atoms with Crippen LogP contribution in [0.3, 0.4) is 0 Å². The van der Waals surface area contributed by atoms with Gasteiger partial charge in [-0.15, -0.1) is 21.5 Å². The number of aryl methyl sites for hydroxylation is 3. The van der Waals surface area contributed by atoms with Gasteiger partial charge in [0.05, 0.1) is 45.6 Å². The van der Waals surface area contributed by atoms with Crippen LogP contribution in [-0.4, -0.2) is 45.6 Å². The molecule has 1 saturated heterocycles. The van der Waals surface area contributed by atoms with Crippen molar-refractivity contribution in [3.63, 3.8) is 0 Å². The molecule has 1 N–H and O–H groups in total. The maximum atomic E-state index is 14.0. The lowest BCUT2D eigenvalue weighted by molar-refractivity contribution is 0.0775. The molecule has 11 heteroatoms. The van der Waals surface area contributed by atoms with Gasteiger partial charge in [-0.1, -0.05) is 36.4 Å². The molecule has 3 aliphatic rings. The highest BCUT2D eigenvalue weighted by Gasteiger charge is 2.45. The normalized spacial score (nSPS) is 19.6. The third-order valence-corrected chi connectivity index (χ3v) is 10.6. The number of ether oxygens (including phenoxy) is 1. The van der Waals surface area contributed by atoms with Crippen LogP contribution >= 0.6 is 11.3 Å². The number of hydrogen-bond donors (Lipinski definition) is 1. The van der Waals surface area contributed by atoms with E-state index in [2.05, 4.69) is 15.5 Å². The van der Waals surface area contributed by atoms with Crippen molar-refractivity contribution >= 4 is 23.2 Å². The molecule has 3 atom stereocenters. The zero-order chi connectivity index (χ0) is 32.2. The second-order valence-electron chi connectivity index (χ2n) is 12.3. The first-order chi connectivity index (χ1) is 22.9. The number of nitrogens with zero attached hydrogens (tertiary/aromatic N) is 4. The highest BCUT2D eigenvalue weighted by molar-refractivity contribution is 7.17. The van der Waals surface area contributed by atoms with Gasteiger partial charge in [-0.05, 0) is 66.6 Å². The van der Waals surface area contributed by atoms with Crippen molar-refractivity contribution in [3.8, 4) is 21.9 Å². The minimum Gasteiger partial charge on any atom is -0.421 e. The fourth-order valence-corrected chi connectivity index (χ4v) is 8.26. The van der Waals surface area contributed by atoms with Crippen LogP contribution in [-0.2, 0) is 17.6 Å². The highest BCUT2D eigenvalue weighted by atomic mass is 32.1. The summed E-state index contributed by atoms with van der Waals surface area (Å²) in [6.07, 6.45) is 3.43. The zero-order valence-electron chi connectivity index (χ0n) is 26.0. The first kappa shape index (κ1) is 29.6. The molecule has 8 rings (SSSR count). The first-order valence-corrected chi connectivity index (χ1v) is 16.7. The number of thiophene rings is 1. The summed E-state index contributed by atoms with van der Waals surface area (Å²) in [5.41, 5.74) is 6.39. The molecule has 0 unspecified atom stereocenters. The summed E-state index contributed by atoms with van der Waals surface area (Å²) >= 11 is 1.33. The predicted octanol–water partition coefficient (Wildman–Crippen LogP) is 6.95. The molecule has 238 valence electrons. The summed E-state index contributed by atoms with van der Waals surface area (Å²) in [7, 11) is 1.69. The van der Waals surface area contributed by atoms with Crippen LogP contribution in [0, 0.1) is 12.7 Å². The van der Waals surface area contributed by atoms with E-state index in [-0.39, 0.29) is 41.7 Å². The van der Waals surface area contributed by atoms with Crippen molar-refractivity contribution in [1.82, 2.24) is 25.4 Å². The van der Waals surface area contributed by atoms with E-state index in [0.717, 1.165) is 45.8 Å². The van der Waals surface area contributed by atoms with Crippen LogP contribution in [0.4, 0.5) is 4.39 Å². The van der Waals surface area contributed by atoms with Crippen molar-refractivity contribution in [2.24, 2.45) is 0 Å². The third-order valence-electron chi connectivity index (χ3n) is 9.48. The maximum Gasteiger partial charge on any atom is 0.261 e. The van der Waals surface area contributed by atoms with E-state index in [0.29, 0.717) is 53.3 Å². The Morgan fingerprint density at radius 1 is 1.04 bits per heavy atom. The minimum atomic E-state index is -0.290. The monoisotopic (exact) mass is 649 g/mol. The second-order valence-corrected chi connectivity index (χ2v) is 13.3. The topological polar surface area (TPSA) is 110 Å². The van der Waals surface area contributed by atoms with Crippen molar-refractivity contribution in [2.45, 2.75) is 57.2 Å².